The predicted molar refractivity (Wildman–Crippen MR) is 63.7 cm³/mol. The highest BCUT2D eigenvalue weighted by atomic mass is 32.1. The van der Waals surface area contributed by atoms with Gasteiger partial charge in [0.1, 0.15) is 5.83 Å². The fourth-order valence-electron chi connectivity index (χ4n) is 1.30. The van der Waals surface area contributed by atoms with Crippen LogP contribution < -0.4 is 0 Å². The lowest BCUT2D eigenvalue weighted by Gasteiger charge is -1.93. The Morgan fingerprint density at radius 2 is 2.38 bits per heavy atom. The number of thiophene rings is 1. The molecule has 0 bridgehead atoms. The minimum Gasteiger partial charge on any atom is -0.389 e. The number of aromatic nitrogens is 1. The first kappa shape index (κ1) is 11.0. The molecule has 0 aliphatic carbocycles. The first-order chi connectivity index (χ1) is 7.79. The third kappa shape index (κ3) is 2.53. The van der Waals surface area contributed by atoms with Crippen LogP contribution in [0.15, 0.2) is 41.7 Å². The normalized spacial score (nSPS) is 11.8. The number of pyridine rings is 1. The maximum atomic E-state index is 12.8. The Hall–Kier alpha value is -1.52. The van der Waals surface area contributed by atoms with E-state index in [2.05, 4.69) is 4.98 Å². The molecular formula is C12H10FNOS. The fraction of sp³-hybridized carbons (Fsp3) is 0.0833. The van der Waals surface area contributed by atoms with Gasteiger partial charge in [-0.2, -0.15) is 0 Å². The van der Waals surface area contributed by atoms with Gasteiger partial charge in [-0.25, -0.2) is 4.39 Å². The Morgan fingerprint density at radius 1 is 1.50 bits per heavy atom. The average molecular weight is 235 g/mol. The first-order valence-corrected chi connectivity index (χ1v) is 5.64. The molecule has 0 aromatic carbocycles. The number of hydrogen-bond acceptors (Lipinski definition) is 3. The van der Waals surface area contributed by atoms with E-state index in [1.807, 2.05) is 29.6 Å². The molecule has 2 nitrogen and oxygen atoms in total. The van der Waals surface area contributed by atoms with Gasteiger partial charge in [0.25, 0.3) is 0 Å². The molecule has 0 aliphatic heterocycles. The van der Waals surface area contributed by atoms with Crippen molar-refractivity contribution < 1.29 is 9.50 Å². The summed E-state index contributed by atoms with van der Waals surface area (Å²) in [6.07, 6.45) is 3.05. The Morgan fingerprint density at radius 3 is 3.06 bits per heavy atom. The van der Waals surface area contributed by atoms with E-state index in [-0.39, 0.29) is 0 Å². The molecule has 0 saturated carbocycles. The van der Waals surface area contributed by atoms with Crippen LogP contribution in [0.25, 0.3) is 17.3 Å². The van der Waals surface area contributed by atoms with Gasteiger partial charge < -0.3 is 5.11 Å². The maximum Gasteiger partial charge on any atom is 0.127 e. The van der Waals surface area contributed by atoms with Crippen molar-refractivity contribution in [3.63, 3.8) is 0 Å². The van der Waals surface area contributed by atoms with Crippen molar-refractivity contribution in [3.05, 3.63) is 46.5 Å². The number of hydrogen-bond donors (Lipinski definition) is 1. The van der Waals surface area contributed by atoms with Gasteiger partial charge in [0, 0.05) is 22.0 Å². The summed E-state index contributed by atoms with van der Waals surface area (Å²) in [5.41, 5.74) is 1.82. The van der Waals surface area contributed by atoms with Gasteiger partial charge in [-0.15, -0.1) is 11.3 Å². The van der Waals surface area contributed by atoms with E-state index < -0.39 is 12.4 Å². The zero-order valence-electron chi connectivity index (χ0n) is 8.43. The van der Waals surface area contributed by atoms with Crippen molar-refractivity contribution in [1.82, 2.24) is 4.98 Å². The highest BCUT2D eigenvalue weighted by molar-refractivity contribution is 7.11. The van der Waals surface area contributed by atoms with Crippen LogP contribution in [-0.2, 0) is 0 Å². The lowest BCUT2D eigenvalue weighted by molar-refractivity contribution is 0.300. The zero-order chi connectivity index (χ0) is 11.4. The van der Waals surface area contributed by atoms with Crippen molar-refractivity contribution >= 4 is 17.4 Å². The van der Waals surface area contributed by atoms with E-state index in [4.69, 9.17) is 5.11 Å². The Balaban J connectivity index is 2.27. The van der Waals surface area contributed by atoms with Crippen LogP contribution in [0, 0.1) is 0 Å². The third-order valence-electron chi connectivity index (χ3n) is 2.03. The molecular weight excluding hydrogens is 225 g/mol. The largest absolute Gasteiger partial charge is 0.389 e. The minimum atomic E-state index is -0.559. The van der Waals surface area contributed by atoms with Crippen molar-refractivity contribution in [2.75, 3.05) is 6.61 Å². The second kappa shape index (κ2) is 5.01. The Kier molecular flexibility index (Phi) is 3.44. The fourth-order valence-corrected chi connectivity index (χ4v) is 2.14. The van der Waals surface area contributed by atoms with Crippen LogP contribution in [-0.4, -0.2) is 16.7 Å². The first-order valence-electron chi connectivity index (χ1n) is 4.76. The van der Waals surface area contributed by atoms with Gasteiger partial charge in [0.2, 0.25) is 0 Å². The van der Waals surface area contributed by atoms with Crippen LogP contribution in [0.2, 0.25) is 0 Å². The van der Waals surface area contributed by atoms with Gasteiger partial charge in [-0.05, 0) is 24.3 Å². The van der Waals surface area contributed by atoms with Gasteiger partial charge in [-0.3, -0.25) is 4.98 Å². The summed E-state index contributed by atoms with van der Waals surface area (Å²) in [7, 11) is 0. The van der Waals surface area contributed by atoms with E-state index in [0.29, 0.717) is 0 Å². The molecule has 0 unspecified atom stereocenters. The number of aliphatic hydroxyl groups is 1. The summed E-state index contributed by atoms with van der Waals surface area (Å²) in [6, 6.07) is 7.51. The molecule has 0 aliphatic rings. The monoisotopic (exact) mass is 235 g/mol. The molecule has 2 heterocycles. The summed E-state index contributed by atoms with van der Waals surface area (Å²) in [5, 5.41) is 10.5. The molecule has 2 rings (SSSR count). The molecule has 0 saturated heterocycles. The molecule has 1 N–H and O–H groups in total. The molecule has 16 heavy (non-hydrogen) atoms. The quantitative estimate of drug-likeness (QED) is 0.886. The highest BCUT2D eigenvalue weighted by Gasteiger charge is 2.02. The van der Waals surface area contributed by atoms with Crippen molar-refractivity contribution in [2.45, 2.75) is 0 Å². The van der Waals surface area contributed by atoms with Crippen molar-refractivity contribution in [1.29, 1.82) is 0 Å². The zero-order valence-corrected chi connectivity index (χ0v) is 9.25. The number of nitrogens with zero attached hydrogens (tertiary/aromatic N) is 1. The summed E-state index contributed by atoms with van der Waals surface area (Å²) in [5.74, 6) is -0.533. The summed E-state index contributed by atoms with van der Waals surface area (Å²) in [6.45, 7) is -0.559. The van der Waals surface area contributed by atoms with Crippen molar-refractivity contribution in [2.24, 2.45) is 0 Å². The second-order valence-corrected chi connectivity index (χ2v) is 4.14. The molecule has 0 atom stereocenters. The van der Waals surface area contributed by atoms with Gasteiger partial charge in [-0.1, -0.05) is 6.07 Å². The van der Waals surface area contributed by atoms with Crippen LogP contribution in [0.1, 0.15) is 4.88 Å². The number of aliphatic hydroxyl groups excluding tert-OH is 1. The summed E-state index contributed by atoms with van der Waals surface area (Å²) in [4.78, 5) is 4.98. The molecule has 0 spiro atoms. The number of rotatable bonds is 3. The SMILES string of the molecule is OC/C(F)=C\c1cc(-c2ccccn2)cs1. The van der Waals surface area contributed by atoms with E-state index in [1.54, 1.807) is 6.20 Å². The highest BCUT2D eigenvalue weighted by Crippen LogP contribution is 2.25. The third-order valence-corrected chi connectivity index (χ3v) is 2.91. The summed E-state index contributed by atoms with van der Waals surface area (Å²) >= 11 is 1.42. The van der Waals surface area contributed by atoms with Crippen LogP contribution in [0.5, 0.6) is 0 Å². The molecule has 2 aromatic rings. The lowest BCUT2D eigenvalue weighted by Crippen LogP contribution is -1.80. The molecule has 4 heteroatoms. The Labute approximate surface area is 96.7 Å². The van der Waals surface area contributed by atoms with Crippen LogP contribution in [0.4, 0.5) is 4.39 Å². The van der Waals surface area contributed by atoms with E-state index in [1.165, 1.54) is 17.4 Å². The van der Waals surface area contributed by atoms with E-state index >= 15 is 0 Å². The lowest BCUT2D eigenvalue weighted by atomic mass is 10.2. The van der Waals surface area contributed by atoms with E-state index in [9.17, 15) is 4.39 Å². The van der Waals surface area contributed by atoms with Gasteiger partial charge in [0.05, 0.1) is 12.3 Å². The molecule has 0 radical (unpaired) electrons. The molecule has 0 fully saturated rings. The summed E-state index contributed by atoms with van der Waals surface area (Å²) < 4.78 is 12.8. The minimum absolute atomic E-state index is 0.533. The second-order valence-electron chi connectivity index (χ2n) is 3.20. The molecule has 82 valence electrons. The maximum absolute atomic E-state index is 12.8. The molecule has 2 aromatic heterocycles. The van der Waals surface area contributed by atoms with Crippen molar-refractivity contribution in [3.8, 4) is 11.3 Å². The topological polar surface area (TPSA) is 33.1 Å². The Bertz CT molecular complexity index is 493. The van der Waals surface area contributed by atoms with Crippen LogP contribution in [0.3, 0.4) is 0 Å². The molecule has 0 amide bonds. The number of halogens is 1. The standard InChI is InChI=1S/C12H10FNOS/c13-10(7-15)6-11-5-9(8-16-11)12-3-1-2-4-14-12/h1-6,8,15H,7H2/b10-6+. The average Bonchev–Trinajstić information content (AvgIpc) is 2.78. The van der Waals surface area contributed by atoms with Crippen LogP contribution >= 0.6 is 11.3 Å². The smallest absolute Gasteiger partial charge is 0.127 e. The predicted octanol–water partition coefficient (Wildman–Crippen LogP) is 3.11. The van der Waals surface area contributed by atoms with Gasteiger partial charge in [0.15, 0.2) is 0 Å². The van der Waals surface area contributed by atoms with E-state index in [0.717, 1.165) is 16.1 Å². The van der Waals surface area contributed by atoms with Gasteiger partial charge >= 0.3 is 0 Å².